The number of carbonyl (C=O) groups is 2. The van der Waals surface area contributed by atoms with Crippen LogP contribution in [-0.2, 0) is 27.5 Å². The van der Waals surface area contributed by atoms with Gasteiger partial charge in [0.2, 0.25) is 5.91 Å². The number of carbonyl (C=O) groups excluding carboxylic acids is 2. The standard InChI is InChI=1S/C39H30ClF3N2O6S/c40-34-22-29(15-18-33(34)39(41,42)43)25-9-11-26(12-10-25)32(21-24-5-7-28(8-6-24)37(46)44-19-20-52(48,49)50)38(47)45-31-16-13-27(14-17-31)36-23-30-3-1-2-4-35(30)51-36/h1-18,22-23,32H,19-21H2,(H,44,46)(H,45,47)(H,48,49,50)/p-1. The van der Waals surface area contributed by atoms with Gasteiger partial charge in [0.25, 0.3) is 5.91 Å². The lowest BCUT2D eigenvalue weighted by atomic mass is 9.89. The molecular weight excluding hydrogens is 717 g/mol. The fourth-order valence-corrected chi connectivity index (χ4v) is 6.32. The number of fused-ring (bicyclic) bond motifs is 1. The van der Waals surface area contributed by atoms with Crippen LogP contribution in [0.5, 0.6) is 0 Å². The Balaban J connectivity index is 1.23. The van der Waals surface area contributed by atoms with Crippen LogP contribution in [0.1, 0.15) is 33.0 Å². The van der Waals surface area contributed by atoms with Crippen LogP contribution in [0.2, 0.25) is 5.02 Å². The van der Waals surface area contributed by atoms with Gasteiger partial charge in [-0.05, 0) is 89.3 Å². The molecule has 0 radical (unpaired) electrons. The predicted octanol–water partition coefficient (Wildman–Crippen LogP) is 8.68. The summed E-state index contributed by atoms with van der Waals surface area (Å²) in [5, 5.41) is 5.90. The smallest absolute Gasteiger partial charge is 0.417 e. The molecule has 0 aliphatic heterocycles. The van der Waals surface area contributed by atoms with Crippen LogP contribution in [-0.4, -0.2) is 37.1 Å². The molecule has 0 fully saturated rings. The van der Waals surface area contributed by atoms with E-state index in [1.165, 1.54) is 24.3 Å². The van der Waals surface area contributed by atoms with Gasteiger partial charge in [-0.15, -0.1) is 0 Å². The minimum atomic E-state index is -4.59. The van der Waals surface area contributed by atoms with E-state index in [1.807, 2.05) is 42.5 Å². The fourth-order valence-electron chi connectivity index (χ4n) is 5.69. The number of hydrogen-bond donors (Lipinski definition) is 2. The molecule has 0 spiro atoms. The minimum absolute atomic E-state index is 0.213. The van der Waals surface area contributed by atoms with Crippen molar-refractivity contribution in [3.8, 4) is 22.5 Å². The van der Waals surface area contributed by atoms with Gasteiger partial charge in [0.15, 0.2) is 0 Å². The highest BCUT2D eigenvalue weighted by Gasteiger charge is 2.33. The molecule has 1 heterocycles. The van der Waals surface area contributed by atoms with Crippen molar-refractivity contribution in [3.63, 3.8) is 0 Å². The minimum Gasteiger partial charge on any atom is -0.748 e. The molecule has 6 rings (SSSR count). The van der Waals surface area contributed by atoms with Gasteiger partial charge >= 0.3 is 6.18 Å². The average Bonchev–Trinajstić information content (AvgIpc) is 3.55. The molecule has 52 heavy (non-hydrogen) atoms. The first-order valence-corrected chi connectivity index (χ1v) is 17.9. The van der Waals surface area contributed by atoms with Crippen molar-refractivity contribution in [2.45, 2.75) is 18.5 Å². The van der Waals surface area contributed by atoms with Crippen LogP contribution in [0, 0.1) is 0 Å². The maximum atomic E-state index is 13.9. The maximum Gasteiger partial charge on any atom is 0.417 e. The molecule has 266 valence electrons. The van der Waals surface area contributed by atoms with Crippen LogP contribution < -0.4 is 10.6 Å². The van der Waals surface area contributed by atoms with E-state index < -0.39 is 44.5 Å². The molecule has 6 aromatic rings. The number of amides is 2. The number of para-hydroxylation sites is 1. The van der Waals surface area contributed by atoms with E-state index in [4.69, 9.17) is 16.0 Å². The molecule has 2 amide bonds. The third-order valence-corrected chi connectivity index (χ3v) is 9.41. The highest BCUT2D eigenvalue weighted by Crippen LogP contribution is 2.37. The number of rotatable bonds is 11. The molecule has 13 heteroatoms. The van der Waals surface area contributed by atoms with Crippen molar-refractivity contribution < 1.29 is 40.1 Å². The summed E-state index contributed by atoms with van der Waals surface area (Å²) >= 11 is 5.95. The van der Waals surface area contributed by atoms with Gasteiger partial charge in [0.1, 0.15) is 11.3 Å². The Hall–Kier alpha value is -5.43. The van der Waals surface area contributed by atoms with Crippen LogP contribution in [0.4, 0.5) is 18.9 Å². The molecular formula is C39H29ClF3N2O6S-. The van der Waals surface area contributed by atoms with E-state index in [0.29, 0.717) is 33.7 Å². The topological polar surface area (TPSA) is 129 Å². The van der Waals surface area contributed by atoms with Gasteiger partial charge < -0.3 is 19.6 Å². The Bertz CT molecular complexity index is 2310. The normalized spacial score (nSPS) is 12.4. The zero-order valence-electron chi connectivity index (χ0n) is 27.1. The first-order valence-electron chi connectivity index (χ1n) is 15.9. The van der Waals surface area contributed by atoms with E-state index in [1.54, 1.807) is 48.5 Å². The summed E-state index contributed by atoms with van der Waals surface area (Å²) in [4.78, 5) is 26.4. The lowest BCUT2D eigenvalue weighted by Gasteiger charge is -2.19. The molecule has 0 aliphatic carbocycles. The first-order chi connectivity index (χ1) is 24.7. The number of alkyl halides is 3. The van der Waals surface area contributed by atoms with E-state index in [9.17, 15) is 35.7 Å². The fraction of sp³-hybridized carbons (Fsp3) is 0.128. The summed E-state index contributed by atoms with van der Waals surface area (Å²) in [5.41, 5.74) is 3.82. The van der Waals surface area contributed by atoms with E-state index in [0.717, 1.165) is 22.6 Å². The zero-order valence-corrected chi connectivity index (χ0v) is 28.7. The third kappa shape index (κ3) is 8.89. The largest absolute Gasteiger partial charge is 0.748 e. The highest BCUT2D eigenvalue weighted by atomic mass is 35.5. The molecule has 0 saturated carbocycles. The average molecular weight is 746 g/mol. The van der Waals surface area contributed by atoms with E-state index >= 15 is 0 Å². The molecule has 0 aliphatic rings. The van der Waals surface area contributed by atoms with Crippen molar-refractivity contribution in [2.75, 3.05) is 17.6 Å². The lowest BCUT2D eigenvalue weighted by molar-refractivity contribution is -0.137. The first kappa shape index (κ1) is 36.4. The van der Waals surface area contributed by atoms with Crippen molar-refractivity contribution in [2.24, 2.45) is 0 Å². The number of anilines is 1. The molecule has 1 atom stereocenters. The Morgan fingerprint density at radius 1 is 0.808 bits per heavy atom. The number of hydrogen-bond acceptors (Lipinski definition) is 6. The monoisotopic (exact) mass is 745 g/mol. The van der Waals surface area contributed by atoms with Gasteiger partial charge in [-0.3, -0.25) is 9.59 Å². The Morgan fingerprint density at radius 2 is 1.46 bits per heavy atom. The summed E-state index contributed by atoms with van der Waals surface area (Å²) in [6.07, 6.45) is -4.37. The van der Waals surface area contributed by atoms with Gasteiger partial charge in [-0.2, -0.15) is 13.2 Å². The van der Waals surface area contributed by atoms with Gasteiger partial charge in [-0.25, -0.2) is 8.42 Å². The van der Waals surface area contributed by atoms with E-state index in [-0.39, 0.29) is 24.4 Å². The molecule has 1 aromatic heterocycles. The van der Waals surface area contributed by atoms with E-state index in [2.05, 4.69) is 10.6 Å². The second-order valence-corrected chi connectivity index (χ2v) is 13.9. The Labute approximate surface area is 302 Å². The maximum absolute atomic E-state index is 13.9. The van der Waals surface area contributed by atoms with Crippen LogP contribution in [0.25, 0.3) is 33.4 Å². The van der Waals surface area contributed by atoms with Crippen molar-refractivity contribution in [1.29, 1.82) is 0 Å². The SMILES string of the molecule is O=C(NCCS(=O)(=O)[O-])c1ccc(CC(C(=O)Nc2ccc(-c3cc4ccccc4o3)cc2)c2ccc(-c3ccc(C(F)(F)F)c(Cl)c3)cc2)cc1. The molecule has 8 nitrogen and oxygen atoms in total. The van der Waals surface area contributed by atoms with Crippen LogP contribution in [0.15, 0.2) is 126 Å². The molecule has 0 bridgehead atoms. The summed E-state index contributed by atoms with van der Waals surface area (Å²) in [7, 11) is -4.48. The quantitative estimate of drug-likeness (QED) is 0.128. The van der Waals surface area contributed by atoms with Crippen molar-refractivity contribution >= 4 is 50.2 Å². The highest BCUT2D eigenvalue weighted by molar-refractivity contribution is 7.85. The van der Waals surface area contributed by atoms with Gasteiger partial charge in [0.05, 0.1) is 32.4 Å². The van der Waals surface area contributed by atoms with Crippen LogP contribution in [0.3, 0.4) is 0 Å². The molecule has 2 N–H and O–H groups in total. The second kappa shape index (κ2) is 15.0. The van der Waals surface area contributed by atoms with Gasteiger partial charge in [-0.1, -0.05) is 72.3 Å². The zero-order chi connectivity index (χ0) is 37.0. The molecule has 0 saturated heterocycles. The van der Waals surface area contributed by atoms with Crippen molar-refractivity contribution in [3.05, 3.63) is 149 Å². The third-order valence-electron chi connectivity index (χ3n) is 8.39. The van der Waals surface area contributed by atoms with Crippen LogP contribution >= 0.6 is 11.6 Å². The summed E-state index contributed by atoms with van der Waals surface area (Å²) in [5.74, 6) is -1.68. The lowest BCUT2D eigenvalue weighted by Crippen LogP contribution is -2.29. The Morgan fingerprint density at radius 3 is 2.10 bits per heavy atom. The summed E-state index contributed by atoms with van der Waals surface area (Å²) in [6.45, 7) is -0.331. The number of furan rings is 1. The number of halogens is 4. The van der Waals surface area contributed by atoms with Crippen molar-refractivity contribution in [1.82, 2.24) is 5.32 Å². The molecule has 1 unspecified atom stereocenters. The predicted molar refractivity (Wildman–Crippen MR) is 192 cm³/mol. The summed E-state index contributed by atoms with van der Waals surface area (Å²) < 4.78 is 78.3. The number of nitrogens with one attached hydrogen (secondary N) is 2. The van der Waals surface area contributed by atoms with Gasteiger partial charge in [0, 0.05) is 28.7 Å². The summed E-state index contributed by atoms with van der Waals surface area (Å²) in [6, 6.07) is 33.5. The second-order valence-electron chi connectivity index (χ2n) is 12.0. The molecule has 5 aromatic carbocycles. The Kier molecular flexibility index (Phi) is 10.5. The number of benzene rings is 5.